The molecule has 0 aromatic heterocycles. The van der Waals surface area contributed by atoms with Crippen LogP contribution in [0.5, 0.6) is 28.7 Å². The van der Waals surface area contributed by atoms with E-state index >= 15 is 0 Å². The molecule has 0 aliphatic carbocycles. The third kappa shape index (κ3) is 5.00. The molecule has 0 saturated carbocycles. The molecule has 1 unspecified atom stereocenters. The predicted octanol–water partition coefficient (Wildman–Crippen LogP) is 3.29. The van der Waals surface area contributed by atoms with Crippen LogP contribution in [-0.4, -0.2) is 41.0 Å². The second kappa shape index (κ2) is 9.73. The van der Waals surface area contributed by atoms with Gasteiger partial charge in [0.15, 0.2) is 29.6 Å². The zero-order valence-corrected chi connectivity index (χ0v) is 17.1. The molecule has 2 aromatic carbocycles. The molecule has 0 aliphatic heterocycles. The van der Waals surface area contributed by atoms with Gasteiger partial charge in [-0.2, -0.15) is 0 Å². The van der Waals surface area contributed by atoms with Crippen LogP contribution < -0.4 is 29.0 Å². The number of rotatable bonds is 9. The molecule has 1 amide bonds. The van der Waals surface area contributed by atoms with Crippen molar-refractivity contribution < 1.29 is 28.5 Å². The molecule has 0 bridgehead atoms. The van der Waals surface area contributed by atoms with Gasteiger partial charge in [0.25, 0.3) is 5.91 Å². The lowest BCUT2D eigenvalue weighted by Crippen LogP contribution is -2.31. The Labute approximate surface area is 165 Å². The Balaban J connectivity index is 2.06. The highest BCUT2D eigenvalue weighted by Crippen LogP contribution is 2.39. The van der Waals surface area contributed by atoms with Crippen LogP contribution in [0.4, 0.5) is 0 Å². The molecule has 0 fully saturated rings. The third-order valence-electron chi connectivity index (χ3n) is 4.24. The highest BCUT2D eigenvalue weighted by molar-refractivity contribution is 5.78. The number of methoxy groups -OCH3 is 4. The summed E-state index contributed by atoms with van der Waals surface area (Å²) in [5.74, 6) is 2.40. The van der Waals surface area contributed by atoms with E-state index in [0.717, 1.165) is 11.1 Å². The van der Waals surface area contributed by atoms with Gasteiger partial charge in [0.2, 0.25) is 5.75 Å². The van der Waals surface area contributed by atoms with Crippen LogP contribution in [0.25, 0.3) is 0 Å². The van der Waals surface area contributed by atoms with Gasteiger partial charge >= 0.3 is 0 Å². The number of hydrogen-bond donors (Lipinski definition) is 1. The van der Waals surface area contributed by atoms with Crippen molar-refractivity contribution in [2.24, 2.45) is 0 Å². The van der Waals surface area contributed by atoms with E-state index in [-0.39, 0.29) is 18.6 Å². The molecule has 28 heavy (non-hydrogen) atoms. The van der Waals surface area contributed by atoms with Crippen LogP contribution in [0.15, 0.2) is 30.3 Å². The summed E-state index contributed by atoms with van der Waals surface area (Å²) in [4.78, 5) is 12.3. The van der Waals surface area contributed by atoms with Crippen molar-refractivity contribution in [2.75, 3.05) is 35.0 Å². The van der Waals surface area contributed by atoms with Crippen LogP contribution in [0, 0.1) is 6.92 Å². The Bertz CT molecular complexity index is 796. The molecule has 2 rings (SSSR count). The van der Waals surface area contributed by atoms with Gasteiger partial charge < -0.3 is 29.0 Å². The fourth-order valence-electron chi connectivity index (χ4n) is 2.76. The van der Waals surface area contributed by atoms with E-state index in [0.29, 0.717) is 28.7 Å². The fraction of sp³-hybridized carbons (Fsp3) is 0.381. The summed E-state index contributed by atoms with van der Waals surface area (Å²) >= 11 is 0. The molecule has 7 nitrogen and oxygen atoms in total. The number of hydrogen-bond acceptors (Lipinski definition) is 6. The van der Waals surface area contributed by atoms with Crippen molar-refractivity contribution in [3.8, 4) is 28.7 Å². The number of ether oxygens (including phenoxy) is 5. The van der Waals surface area contributed by atoms with Crippen molar-refractivity contribution in [2.45, 2.75) is 19.9 Å². The number of carbonyl (C=O) groups is 1. The monoisotopic (exact) mass is 389 g/mol. The summed E-state index contributed by atoms with van der Waals surface area (Å²) < 4.78 is 26.9. The normalized spacial score (nSPS) is 11.4. The van der Waals surface area contributed by atoms with E-state index in [1.807, 2.05) is 26.0 Å². The fourth-order valence-corrected chi connectivity index (χ4v) is 2.76. The molecule has 1 atom stereocenters. The molecule has 0 aliphatic rings. The quantitative estimate of drug-likeness (QED) is 0.709. The number of nitrogens with one attached hydrogen (secondary N) is 1. The molecule has 152 valence electrons. The van der Waals surface area contributed by atoms with Crippen LogP contribution in [0.2, 0.25) is 0 Å². The molecule has 0 radical (unpaired) electrons. The summed E-state index contributed by atoms with van der Waals surface area (Å²) in [6.07, 6.45) is 0. The summed E-state index contributed by atoms with van der Waals surface area (Å²) in [5, 5.41) is 2.90. The predicted molar refractivity (Wildman–Crippen MR) is 106 cm³/mol. The van der Waals surface area contributed by atoms with Gasteiger partial charge in [-0.1, -0.05) is 6.07 Å². The van der Waals surface area contributed by atoms with Crippen molar-refractivity contribution in [3.63, 3.8) is 0 Å². The number of amides is 1. The molecule has 1 N–H and O–H groups in total. The molecule has 0 heterocycles. The maximum atomic E-state index is 12.3. The first kappa shape index (κ1) is 21.2. The average Bonchev–Trinajstić information content (AvgIpc) is 2.71. The van der Waals surface area contributed by atoms with Crippen LogP contribution >= 0.6 is 0 Å². The van der Waals surface area contributed by atoms with Crippen molar-refractivity contribution in [1.29, 1.82) is 0 Å². The van der Waals surface area contributed by atoms with Crippen LogP contribution in [0.3, 0.4) is 0 Å². The highest BCUT2D eigenvalue weighted by Gasteiger charge is 2.18. The first-order valence-corrected chi connectivity index (χ1v) is 8.80. The van der Waals surface area contributed by atoms with Crippen LogP contribution in [0.1, 0.15) is 24.1 Å². The summed E-state index contributed by atoms with van der Waals surface area (Å²) in [6, 6.07) is 8.85. The van der Waals surface area contributed by atoms with E-state index in [1.54, 1.807) is 46.6 Å². The number of carbonyl (C=O) groups excluding carboxylic acids is 1. The number of benzene rings is 2. The summed E-state index contributed by atoms with van der Waals surface area (Å²) in [6.45, 7) is 3.69. The molecular formula is C21H27NO6. The van der Waals surface area contributed by atoms with Gasteiger partial charge in [0.05, 0.1) is 34.5 Å². The standard InChI is InChI=1S/C21H27NO6/c1-13-7-8-16(17(9-13)24-3)28-12-20(23)22-14(2)15-10-18(25-4)21(27-6)19(11-15)26-5/h7-11,14H,12H2,1-6H3,(H,22,23). The highest BCUT2D eigenvalue weighted by atomic mass is 16.5. The Morgan fingerprint density at radius 3 is 2.04 bits per heavy atom. The molecule has 0 spiro atoms. The summed E-state index contributed by atoms with van der Waals surface area (Å²) in [7, 11) is 6.20. The van der Waals surface area contributed by atoms with E-state index in [2.05, 4.69) is 5.32 Å². The minimum atomic E-state index is -0.287. The second-order valence-corrected chi connectivity index (χ2v) is 6.19. The lowest BCUT2D eigenvalue weighted by molar-refractivity contribution is -0.123. The lowest BCUT2D eigenvalue weighted by Gasteiger charge is -2.19. The first-order valence-electron chi connectivity index (χ1n) is 8.80. The van der Waals surface area contributed by atoms with Gasteiger partial charge in [-0.3, -0.25) is 4.79 Å². The Morgan fingerprint density at radius 1 is 0.893 bits per heavy atom. The van der Waals surface area contributed by atoms with Crippen molar-refractivity contribution in [1.82, 2.24) is 5.32 Å². The Hall–Kier alpha value is -3.09. The number of aryl methyl sites for hydroxylation is 1. The molecule has 2 aromatic rings. The SMILES string of the molecule is COc1cc(C)ccc1OCC(=O)NC(C)c1cc(OC)c(OC)c(OC)c1. The molecular weight excluding hydrogens is 362 g/mol. The Morgan fingerprint density at radius 2 is 1.50 bits per heavy atom. The lowest BCUT2D eigenvalue weighted by atomic mass is 10.1. The molecule has 7 heteroatoms. The van der Waals surface area contributed by atoms with E-state index < -0.39 is 0 Å². The van der Waals surface area contributed by atoms with Gasteiger partial charge in [0, 0.05) is 0 Å². The van der Waals surface area contributed by atoms with Crippen molar-refractivity contribution in [3.05, 3.63) is 41.5 Å². The topological polar surface area (TPSA) is 75.3 Å². The second-order valence-electron chi connectivity index (χ2n) is 6.19. The van der Waals surface area contributed by atoms with Crippen molar-refractivity contribution >= 4 is 5.91 Å². The maximum Gasteiger partial charge on any atom is 0.258 e. The van der Waals surface area contributed by atoms with Crippen LogP contribution in [-0.2, 0) is 4.79 Å². The minimum Gasteiger partial charge on any atom is -0.493 e. The van der Waals surface area contributed by atoms with Gasteiger partial charge in [0.1, 0.15) is 0 Å². The largest absolute Gasteiger partial charge is 0.493 e. The van der Waals surface area contributed by atoms with Gasteiger partial charge in [-0.05, 0) is 49.2 Å². The van der Waals surface area contributed by atoms with Gasteiger partial charge in [-0.25, -0.2) is 0 Å². The average molecular weight is 389 g/mol. The Kier molecular flexibility index (Phi) is 7.37. The molecule has 0 saturated heterocycles. The minimum absolute atomic E-state index is 0.131. The zero-order valence-electron chi connectivity index (χ0n) is 17.1. The zero-order chi connectivity index (χ0) is 20.7. The van der Waals surface area contributed by atoms with Gasteiger partial charge in [-0.15, -0.1) is 0 Å². The maximum absolute atomic E-state index is 12.3. The third-order valence-corrected chi connectivity index (χ3v) is 4.24. The van der Waals surface area contributed by atoms with E-state index in [1.165, 1.54) is 0 Å². The first-order chi connectivity index (χ1) is 13.4. The van der Waals surface area contributed by atoms with E-state index in [9.17, 15) is 4.79 Å². The summed E-state index contributed by atoms with van der Waals surface area (Å²) in [5.41, 5.74) is 1.86. The van der Waals surface area contributed by atoms with E-state index in [4.69, 9.17) is 23.7 Å². The smallest absolute Gasteiger partial charge is 0.258 e.